The fourth-order valence-corrected chi connectivity index (χ4v) is 2.47. The third-order valence-electron chi connectivity index (χ3n) is 3.59. The van der Waals surface area contributed by atoms with Crippen molar-refractivity contribution in [3.8, 4) is 0 Å². The van der Waals surface area contributed by atoms with Gasteiger partial charge in [0.05, 0.1) is 0 Å². The Morgan fingerprint density at radius 1 is 1.05 bits per heavy atom. The van der Waals surface area contributed by atoms with E-state index in [-0.39, 0.29) is 6.04 Å². The van der Waals surface area contributed by atoms with Gasteiger partial charge in [-0.15, -0.1) is 0 Å². The summed E-state index contributed by atoms with van der Waals surface area (Å²) in [6.07, 6.45) is 0.884. The molecule has 0 radical (unpaired) electrons. The van der Waals surface area contributed by atoms with Crippen LogP contribution in [0.3, 0.4) is 0 Å². The average Bonchev–Trinajstić information content (AvgIpc) is 2.97. The van der Waals surface area contributed by atoms with Gasteiger partial charge in [0.25, 0.3) is 0 Å². The van der Waals surface area contributed by atoms with E-state index >= 15 is 0 Å². The third kappa shape index (κ3) is 2.33. The van der Waals surface area contributed by atoms with E-state index in [1.807, 2.05) is 24.3 Å². The van der Waals surface area contributed by atoms with Crippen LogP contribution in [0.5, 0.6) is 0 Å². The predicted molar refractivity (Wildman–Crippen MR) is 81.2 cm³/mol. The molecule has 1 unspecified atom stereocenters. The minimum atomic E-state index is -0.125. The molecule has 1 aromatic heterocycles. The maximum atomic E-state index is 5.81. The van der Waals surface area contributed by atoms with Crippen molar-refractivity contribution in [3.05, 3.63) is 71.7 Å². The largest absolute Gasteiger partial charge is 0.464 e. The van der Waals surface area contributed by atoms with E-state index in [1.165, 1.54) is 10.8 Å². The van der Waals surface area contributed by atoms with Crippen LogP contribution < -0.4 is 11.3 Å². The Kier molecular flexibility index (Phi) is 3.54. The number of rotatable bonds is 4. The quantitative estimate of drug-likeness (QED) is 0.561. The Hall–Kier alpha value is -2.10. The van der Waals surface area contributed by atoms with Gasteiger partial charge in [-0.05, 0) is 34.5 Å². The maximum Gasteiger partial charge on any atom is 0.126 e. The monoisotopic (exact) mass is 266 g/mol. The highest BCUT2D eigenvalue weighted by Gasteiger charge is 2.16. The van der Waals surface area contributed by atoms with Crippen LogP contribution in [-0.2, 0) is 6.42 Å². The molecule has 3 rings (SSSR count). The highest BCUT2D eigenvalue weighted by molar-refractivity contribution is 5.83. The highest BCUT2D eigenvalue weighted by Crippen LogP contribution is 2.26. The number of hydrogen-bond acceptors (Lipinski definition) is 3. The molecule has 0 saturated heterocycles. The molecule has 1 atom stereocenters. The van der Waals surface area contributed by atoms with Gasteiger partial charge in [0, 0.05) is 6.42 Å². The van der Waals surface area contributed by atoms with E-state index in [1.54, 1.807) is 0 Å². The van der Waals surface area contributed by atoms with Crippen LogP contribution in [0.1, 0.15) is 30.0 Å². The zero-order valence-corrected chi connectivity index (χ0v) is 11.5. The predicted octanol–water partition coefficient (Wildman–Crippen LogP) is 3.55. The molecule has 3 nitrogen and oxygen atoms in total. The van der Waals surface area contributed by atoms with Crippen LogP contribution in [-0.4, -0.2) is 0 Å². The van der Waals surface area contributed by atoms with Gasteiger partial charge in [0.1, 0.15) is 17.6 Å². The number of aryl methyl sites for hydroxylation is 1. The summed E-state index contributed by atoms with van der Waals surface area (Å²) in [4.78, 5) is 0. The molecule has 0 aliphatic carbocycles. The number of nitrogens with two attached hydrogens (primary N) is 1. The van der Waals surface area contributed by atoms with Crippen LogP contribution in [0.25, 0.3) is 10.8 Å². The minimum absolute atomic E-state index is 0.125. The molecule has 3 N–H and O–H groups in total. The molecule has 20 heavy (non-hydrogen) atoms. The second-order valence-electron chi connectivity index (χ2n) is 4.86. The van der Waals surface area contributed by atoms with E-state index in [9.17, 15) is 0 Å². The summed E-state index contributed by atoms with van der Waals surface area (Å²) in [5, 5.41) is 2.42. The van der Waals surface area contributed by atoms with Crippen molar-refractivity contribution in [2.24, 2.45) is 5.84 Å². The first-order chi connectivity index (χ1) is 9.81. The Labute approximate surface area is 118 Å². The SMILES string of the molecule is CCc1ccc(C(NN)c2ccc3ccccc3c2)o1. The van der Waals surface area contributed by atoms with Crippen molar-refractivity contribution >= 4 is 10.8 Å². The van der Waals surface area contributed by atoms with Gasteiger partial charge in [-0.25, -0.2) is 5.43 Å². The summed E-state index contributed by atoms with van der Waals surface area (Å²) >= 11 is 0. The van der Waals surface area contributed by atoms with Crippen molar-refractivity contribution in [3.63, 3.8) is 0 Å². The molecule has 0 amide bonds. The first kappa shape index (κ1) is 12.9. The number of fused-ring (bicyclic) bond motifs is 1. The van der Waals surface area contributed by atoms with E-state index in [4.69, 9.17) is 10.3 Å². The topological polar surface area (TPSA) is 51.2 Å². The fourth-order valence-electron chi connectivity index (χ4n) is 2.47. The van der Waals surface area contributed by atoms with Crippen LogP contribution in [0.2, 0.25) is 0 Å². The smallest absolute Gasteiger partial charge is 0.126 e. The van der Waals surface area contributed by atoms with Gasteiger partial charge in [0.15, 0.2) is 0 Å². The first-order valence-electron chi connectivity index (χ1n) is 6.85. The number of furan rings is 1. The molecule has 0 aliphatic heterocycles. The number of nitrogens with one attached hydrogen (secondary N) is 1. The number of benzene rings is 2. The van der Waals surface area contributed by atoms with Gasteiger partial charge in [0.2, 0.25) is 0 Å². The standard InChI is InChI=1S/C17H18N2O/c1-2-15-9-10-16(20-15)17(19-18)14-8-7-12-5-3-4-6-13(12)11-14/h3-11,17,19H,2,18H2,1H3. The van der Waals surface area contributed by atoms with Crippen LogP contribution in [0.15, 0.2) is 59.0 Å². The van der Waals surface area contributed by atoms with Crippen molar-refractivity contribution < 1.29 is 4.42 Å². The van der Waals surface area contributed by atoms with Crippen molar-refractivity contribution in [1.82, 2.24) is 5.43 Å². The van der Waals surface area contributed by atoms with Crippen LogP contribution in [0, 0.1) is 0 Å². The zero-order valence-electron chi connectivity index (χ0n) is 11.5. The molecule has 1 heterocycles. The Bertz CT molecular complexity index is 718. The summed E-state index contributed by atoms with van der Waals surface area (Å²) in [6, 6.07) is 18.5. The van der Waals surface area contributed by atoms with E-state index in [0.717, 1.165) is 23.5 Å². The zero-order chi connectivity index (χ0) is 13.9. The third-order valence-corrected chi connectivity index (χ3v) is 3.59. The van der Waals surface area contributed by atoms with Gasteiger partial charge < -0.3 is 4.42 Å². The Morgan fingerprint density at radius 2 is 1.85 bits per heavy atom. The molecular weight excluding hydrogens is 248 g/mol. The van der Waals surface area contributed by atoms with Crippen LogP contribution >= 0.6 is 0 Å². The van der Waals surface area contributed by atoms with Gasteiger partial charge in [-0.3, -0.25) is 5.84 Å². The van der Waals surface area contributed by atoms with Gasteiger partial charge >= 0.3 is 0 Å². The van der Waals surface area contributed by atoms with Gasteiger partial charge in [-0.2, -0.15) is 0 Å². The lowest BCUT2D eigenvalue weighted by atomic mass is 10.0. The molecule has 0 saturated carbocycles. The molecule has 3 aromatic rings. The molecule has 2 aromatic carbocycles. The molecule has 0 aliphatic rings. The molecule has 0 bridgehead atoms. The van der Waals surface area contributed by atoms with Crippen molar-refractivity contribution in [2.75, 3.05) is 0 Å². The normalized spacial score (nSPS) is 12.7. The average molecular weight is 266 g/mol. The summed E-state index contributed by atoms with van der Waals surface area (Å²) in [6.45, 7) is 2.07. The second kappa shape index (κ2) is 5.49. The summed E-state index contributed by atoms with van der Waals surface area (Å²) < 4.78 is 5.81. The molecule has 102 valence electrons. The van der Waals surface area contributed by atoms with E-state index < -0.39 is 0 Å². The Morgan fingerprint density at radius 3 is 2.55 bits per heavy atom. The molecule has 3 heteroatoms. The molecule has 0 fully saturated rings. The lowest BCUT2D eigenvalue weighted by Crippen LogP contribution is -2.28. The molecule has 0 spiro atoms. The van der Waals surface area contributed by atoms with Gasteiger partial charge in [-0.1, -0.05) is 43.3 Å². The summed E-state index contributed by atoms with van der Waals surface area (Å²) in [7, 11) is 0. The summed E-state index contributed by atoms with van der Waals surface area (Å²) in [5.41, 5.74) is 3.94. The van der Waals surface area contributed by atoms with E-state index in [2.05, 4.69) is 42.7 Å². The Balaban J connectivity index is 2.02. The first-order valence-corrected chi connectivity index (χ1v) is 6.85. The second-order valence-corrected chi connectivity index (χ2v) is 4.86. The highest BCUT2D eigenvalue weighted by atomic mass is 16.3. The maximum absolute atomic E-state index is 5.81. The lowest BCUT2D eigenvalue weighted by molar-refractivity contribution is 0.426. The minimum Gasteiger partial charge on any atom is -0.464 e. The number of hydrogen-bond donors (Lipinski definition) is 2. The van der Waals surface area contributed by atoms with Crippen molar-refractivity contribution in [2.45, 2.75) is 19.4 Å². The molecular formula is C17H18N2O. The van der Waals surface area contributed by atoms with E-state index in [0.29, 0.717) is 0 Å². The van der Waals surface area contributed by atoms with Crippen LogP contribution in [0.4, 0.5) is 0 Å². The summed E-state index contributed by atoms with van der Waals surface area (Å²) in [5.74, 6) is 7.54. The lowest BCUT2D eigenvalue weighted by Gasteiger charge is -2.14. The van der Waals surface area contributed by atoms with Crippen molar-refractivity contribution in [1.29, 1.82) is 0 Å². The number of hydrazine groups is 1. The fraction of sp³-hybridized carbons (Fsp3) is 0.176.